The summed E-state index contributed by atoms with van der Waals surface area (Å²) in [4.78, 5) is 12.2. The van der Waals surface area contributed by atoms with Gasteiger partial charge in [-0.25, -0.2) is 8.42 Å². The van der Waals surface area contributed by atoms with Gasteiger partial charge in [-0.1, -0.05) is 13.8 Å². The molecule has 1 N–H and O–H groups in total. The van der Waals surface area contributed by atoms with E-state index in [1.54, 1.807) is 18.7 Å². The Kier molecular flexibility index (Phi) is 4.69. The minimum Gasteiger partial charge on any atom is -0.389 e. The molecule has 1 saturated heterocycles. The third-order valence-electron chi connectivity index (χ3n) is 3.69. The Labute approximate surface area is 129 Å². The average molecular weight is 329 g/mol. The summed E-state index contributed by atoms with van der Waals surface area (Å²) in [6.45, 7) is 4.64. The molecule has 9 heteroatoms. The molecular formula is C13H19N3O5S. The van der Waals surface area contributed by atoms with Crippen LogP contribution in [0.1, 0.15) is 13.8 Å². The Morgan fingerprint density at radius 3 is 2.41 bits per heavy atom. The third kappa shape index (κ3) is 2.92. The van der Waals surface area contributed by atoms with Crippen LogP contribution in [-0.4, -0.2) is 55.0 Å². The molecule has 0 amide bonds. The number of β-amino-alcohol motifs (C(OH)–C–C–N with tert-alkyl or cyclic N) is 1. The molecule has 22 heavy (non-hydrogen) atoms. The number of aliphatic hydroxyl groups excluding tert-OH is 1. The van der Waals surface area contributed by atoms with Gasteiger partial charge in [-0.05, 0) is 12.1 Å². The molecule has 8 nitrogen and oxygen atoms in total. The Balaban J connectivity index is 2.44. The van der Waals surface area contributed by atoms with Gasteiger partial charge in [0.05, 0.1) is 15.9 Å². The van der Waals surface area contributed by atoms with Crippen molar-refractivity contribution in [3.05, 3.63) is 28.3 Å². The number of benzene rings is 1. The quantitative estimate of drug-likeness (QED) is 0.612. The van der Waals surface area contributed by atoms with Gasteiger partial charge in [0.25, 0.3) is 5.69 Å². The molecule has 1 fully saturated rings. The molecule has 122 valence electrons. The molecule has 0 bridgehead atoms. The van der Waals surface area contributed by atoms with Crippen LogP contribution in [0.3, 0.4) is 0 Å². The van der Waals surface area contributed by atoms with Crippen molar-refractivity contribution in [2.75, 3.05) is 31.1 Å². The summed E-state index contributed by atoms with van der Waals surface area (Å²) in [5.74, 6) is 0. The Hall–Kier alpha value is -1.71. The molecule has 0 atom stereocenters. The fraction of sp³-hybridized carbons (Fsp3) is 0.538. The van der Waals surface area contributed by atoms with E-state index in [0.717, 1.165) is 6.07 Å². The fourth-order valence-electron chi connectivity index (χ4n) is 2.44. The number of hydrogen-bond donors (Lipinski definition) is 1. The van der Waals surface area contributed by atoms with Gasteiger partial charge in [-0.15, -0.1) is 0 Å². The summed E-state index contributed by atoms with van der Waals surface area (Å²) in [5, 5.41) is 20.6. The van der Waals surface area contributed by atoms with Crippen molar-refractivity contribution >= 4 is 21.4 Å². The second-order valence-electron chi connectivity index (χ2n) is 5.06. The normalized spacial score (nSPS) is 15.9. The maximum absolute atomic E-state index is 12.4. The molecule has 1 aliphatic rings. The van der Waals surface area contributed by atoms with E-state index in [9.17, 15) is 23.6 Å². The molecule has 1 aromatic rings. The lowest BCUT2D eigenvalue weighted by Crippen LogP contribution is -2.51. The fourth-order valence-corrected chi connectivity index (χ4v) is 3.92. The van der Waals surface area contributed by atoms with Gasteiger partial charge in [0, 0.05) is 32.2 Å². The minimum atomic E-state index is -3.74. The first-order chi connectivity index (χ1) is 10.3. The summed E-state index contributed by atoms with van der Waals surface area (Å²) in [7, 11) is -3.74. The Morgan fingerprint density at radius 1 is 1.36 bits per heavy atom. The molecule has 0 radical (unpaired) electrons. The van der Waals surface area contributed by atoms with Crippen molar-refractivity contribution in [3.8, 4) is 0 Å². The SMILES string of the molecule is CCN(CC)S(=O)(=O)c1ccc(N2CC(O)C2)c([N+](=O)[O-])c1. The highest BCUT2D eigenvalue weighted by Crippen LogP contribution is 2.34. The number of anilines is 1. The molecule has 0 aliphatic carbocycles. The summed E-state index contributed by atoms with van der Waals surface area (Å²) in [6, 6.07) is 3.90. The van der Waals surface area contributed by atoms with Gasteiger partial charge in [0.1, 0.15) is 5.69 Å². The number of hydrogen-bond acceptors (Lipinski definition) is 6. The van der Waals surface area contributed by atoms with Crippen LogP contribution in [0.2, 0.25) is 0 Å². The maximum Gasteiger partial charge on any atom is 0.293 e. The van der Waals surface area contributed by atoms with Crippen LogP contribution in [0.5, 0.6) is 0 Å². The van der Waals surface area contributed by atoms with Crippen LogP contribution >= 0.6 is 0 Å². The second kappa shape index (κ2) is 6.19. The molecule has 2 rings (SSSR count). The first kappa shape index (κ1) is 16.7. The predicted molar refractivity (Wildman–Crippen MR) is 81.4 cm³/mol. The van der Waals surface area contributed by atoms with Crippen molar-refractivity contribution < 1.29 is 18.4 Å². The zero-order chi connectivity index (χ0) is 16.5. The topological polar surface area (TPSA) is 104 Å². The smallest absolute Gasteiger partial charge is 0.293 e. The van der Waals surface area contributed by atoms with Gasteiger partial charge in [0.15, 0.2) is 0 Å². The highest BCUT2D eigenvalue weighted by atomic mass is 32.2. The Morgan fingerprint density at radius 2 is 1.95 bits per heavy atom. The summed E-state index contributed by atoms with van der Waals surface area (Å²) in [6.07, 6.45) is -0.501. The molecule has 0 aromatic heterocycles. The van der Waals surface area contributed by atoms with Crippen molar-refractivity contribution in [2.45, 2.75) is 24.8 Å². The monoisotopic (exact) mass is 329 g/mol. The lowest BCUT2D eigenvalue weighted by atomic mass is 10.1. The maximum atomic E-state index is 12.4. The van der Waals surface area contributed by atoms with E-state index in [4.69, 9.17) is 0 Å². The largest absolute Gasteiger partial charge is 0.389 e. The third-order valence-corrected chi connectivity index (χ3v) is 5.74. The van der Waals surface area contributed by atoms with Crippen molar-refractivity contribution in [1.29, 1.82) is 0 Å². The van der Waals surface area contributed by atoms with Crippen LogP contribution < -0.4 is 4.90 Å². The highest BCUT2D eigenvalue weighted by molar-refractivity contribution is 7.89. The van der Waals surface area contributed by atoms with Crippen LogP contribution in [0.25, 0.3) is 0 Å². The van der Waals surface area contributed by atoms with Crippen molar-refractivity contribution in [2.24, 2.45) is 0 Å². The lowest BCUT2D eigenvalue weighted by Gasteiger charge is -2.37. The van der Waals surface area contributed by atoms with E-state index in [-0.39, 0.29) is 10.6 Å². The first-order valence-corrected chi connectivity index (χ1v) is 8.46. The van der Waals surface area contributed by atoms with E-state index in [2.05, 4.69) is 0 Å². The average Bonchev–Trinajstić information content (AvgIpc) is 2.44. The number of sulfonamides is 1. The number of nitrogens with zero attached hydrogens (tertiary/aromatic N) is 3. The minimum absolute atomic E-state index is 0.0901. The van der Waals surface area contributed by atoms with Gasteiger partial charge in [-0.3, -0.25) is 10.1 Å². The second-order valence-corrected chi connectivity index (χ2v) is 6.99. The van der Waals surface area contributed by atoms with Crippen LogP contribution in [-0.2, 0) is 10.0 Å². The molecule has 0 unspecified atom stereocenters. The predicted octanol–water partition coefficient (Wildman–Crippen LogP) is 0.806. The Bertz CT molecular complexity index is 666. The molecule has 1 aliphatic heterocycles. The molecule has 0 spiro atoms. The number of nitro groups is 1. The number of nitro benzene ring substituents is 1. The van der Waals surface area contributed by atoms with E-state index in [0.29, 0.717) is 31.9 Å². The van der Waals surface area contributed by atoms with Gasteiger partial charge in [0.2, 0.25) is 10.0 Å². The summed E-state index contributed by atoms with van der Waals surface area (Å²) >= 11 is 0. The van der Waals surface area contributed by atoms with E-state index >= 15 is 0 Å². The van der Waals surface area contributed by atoms with Crippen molar-refractivity contribution in [3.63, 3.8) is 0 Å². The summed E-state index contributed by atoms with van der Waals surface area (Å²) in [5.41, 5.74) is 0.0638. The molecular weight excluding hydrogens is 310 g/mol. The highest BCUT2D eigenvalue weighted by Gasteiger charge is 2.32. The molecule has 1 heterocycles. The van der Waals surface area contributed by atoms with E-state index in [1.807, 2.05) is 0 Å². The van der Waals surface area contributed by atoms with Crippen LogP contribution in [0.4, 0.5) is 11.4 Å². The molecule has 1 aromatic carbocycles. The van der Waals surface area contributed by atoms with Crippen LogP contribution in [0.15, 0.2) is 23.1 Å². The van der Waals surface area contributed by atoms with Crippen LogP contribution in [0, 0.1) is 10.1 Å². The summed E-state index contributed by atoms with van der Waals surface area (Å²) < 4.78 is 26.1. The number of rotatable bonds is 6. The zero-order valence-corrected chi connectivity index (χ0v) is 13.3. The zero-order valence-electron chi connectivity index (χ0n) is 12.5. The van der Waals surface area contributed by atoms with Gasteiger partial charge >= 0.3 is 0 Å². The van der Waals surface area contributed by atoms with Gasteiger partial charge in [-0.2, -0.15) is 4.31 Å². The van der Waals surface area contributed by atoms with Gasteiger partial charge < -0.3 is 10.0 Å². The lowest BCUT2D eigenvalue weighted by molar-refractivity contribution is -0.384. The first-order valence-electron chi connectivity index (χ1n) is 7.02. The van der Waals surface area contributed by atoms with Crippen molar-refractivity contribution in [1.82, 2.24) is 4.31 Å². The standard InChI is InChI=1S/C13H19N3O5S/c1-3-15(4-2)22(20,21)11-5-6-12(13(7-11)16(18)19)14-8-10(17)9-14/h5-7,10,17H,3-4,8-9H2,1-2H3. The molecule has 0 saturated carbocycles. The van der Waals surface area contributed by atoms with E-state index < -0.39 is 21.1 Å². The van der Waals surface area contributed by atoms with E-state index in [1.165, 1.54) is 16.4 Å². The number of aliphatic hydroxyl groups is 1.